The lowest BCUT2D eigenvalue weighted by Crippen LogP contribution is -2.10. The summed E-state index contributed by atoms with van der Waals surface area (Å²) in [6.07, 6.45) is 0. The van der Waals surface area contributed by atoms with Gasteiger partial charge in [-0.2, -0.15) is 0 Å². The van der Waals surface area contributed by atoms with Gasteiger partial charge in [0.1, 0.15) is 0 Å². The first kappa shape index (κ1) is 17.8. The molecular formula is C28H25N. The molecule has 0 radical (unpaired) electrons. The summed E-state index contributed by atoms with van der Waals surface area (Å²) in [5.41, 5.74) is 7.71. The van der Waals surface area contributed by atoms with Gasteiger partial charge >= 0.3 is 0 Å². The summed E-state index contributed by atoms with van der Waals surface area (Å²) in [5.74, 6) is 0. The number of nitrogens with zero attached hydrogens (tertiary/aromatic N) is 1. The van der Waals surface area contributed by atoms with Crippen LogP contribution in [0.1, 0.15) is 26.3 Å². The zero-order valence-electron chi connectivity index (χ0n) is 17.2. The monoisotopic (exact) mass is 375 g/mol. The van der Waals surface area contributed by atoms with Gasteiger partial charge in [-0.3, -0.25) is 0 Å². The van der Waals surface area contributed by atoms with E-state index in [1.165, 1.54) is 44.2 Å². The quantitative estimate of drug-likeness (QED) is 0.297. The Morgan fingerprint density at radius 3 is 1.66 bits per heavy atom. The molecule has 29 heavy (non-hydrogen) atoms. The maximum atomic E-state index is 2.40. The third-order valence-electron chi connectivity index (χ3n) is 5.79. The molecule has 0 unspecified atom stereocenters. The summed E-state index contributed by atoms with van der Waals surface area (Å²) in [7, 11) is 0. The number of fused-ring (bicyclic) bond motifs is 3. The standard InChI is InChI=1S/C28H25N/c1-28(2,3)21-18-16-20(17-19-21)22-10-4-7-13-25(22)29-26-14-8-5-11-23(26)24-12-6-9-15-27(24)29/h4-19H,1-3H3. The Bertz CT molecular complexity index is 1260. The molecule has 1 heterocycles. The van der Waals surface area contributed by atoms with E-state index >= 15 is 0 Å². The van der Waals surface area contributed by atoms with Gasteiger partial charge in [-0.05, 0) is 34.7 Å². The van der Waals surface area contributed by atoms with Gasteiger partial charge in [-0.15, -0.1) is 0 Å². The lowest BCUT2D eigenvalue weighted by molar-refractivity contribution is 0.590. The number of hydrogen-bond donors (Lipinski definition) is 0. The van der Waals surface area contributed by atoms with Crippen molar-refractivity contribution in [2.45, 2.75) is 26.2 Å². The molecule has 0 bridgehead atoms. The first-order chi connectivity index (χ1) is 14.0. The summed E-state index contributed by atoms with van der Waals surface area (Å²) in [5, 5.41) is 2.59. The Kier molecular flexibility index (Phi) is 4.06. The van der Waals surface area contributed by atoms with Gasteiger partial charge in [0, 0.05) is 16.3 Å². The van der Waals surface area contributed by atoms with Gasteiger partial charge in [0.2, 0.25) is 0 Å². The SMILES string of the molecule is CC(C)(C)c1ccc(-c2ccccc2-n2c3ccccc3c3ccccc32)cc1. The molecule has 0 saturated carbocycles. The van der Waals surface area contributed by atoms with Gasteiger partial charge < -0.3 is 4.57 Å². The van der Waals surface area contributed by atoms with E-state index in [4.69, 9.17) is 0 Å². The van der Waals surface area contributed by atoms with Crippen LogP contribution < -0.4 is 0 Å². The molecule has 0 fully saturated rings. The average Bonchev–Trinajstić information content (AvgIpc) is 3.08. The molecule has 5 rings (SSSR count). The van der Waals surface area contributed by atoms with Crippen LogP contribution in [0.3, 0.4) is 0 Å². The predicted octanol–water partition coefficient (Wildman–Crippen LogP) is 7.75. The fraction of sp³-hybridized carbons (Fsp3) is 0.143. The van der Waals surface area contributed by atoms with Crippen molar-refractivity contribution in [1.29, 1.82) is 0 Å². The molecule has 4 aromatic carbocycles. The van der Waals surface area contributed by atoms with Gasteiger partial charge in [0.25, 0.3) is 0 Å². The third-order valence-corrected chi connectivity index (χ3v) is 5.79. The highest BCUT2D eigenvalue weighted by Crippen LogP contribution is 2.36. The van der Waals surface area contributed by atoms with Crippen LogP contribution in [0, 0.1) is 0 Å². The minimum Gasteiger partial charge on any atom is -0.309 e. The predicted molar refractivity (Wildman–Crippen MR) is 125 cm³/mol. The maximum absolute atomic E-state index is 2.40. The molecular weight excluding hydrogens is 350 g/mol. The highest BCUT2D eigenvalue weighted by molar-refractivity contribution is 6.09. The van der Waals surface area contributed by atoms with E-state index in [0.717, 1.165) is 0 Å². The van der Waals surface area contributed by atoms with Crippen molar-refractivity contribution in [3.8, 4) is 16.8 Å². The van der Waals surface area contributed by atoms with Crippen LogP contribution in [0.15, 0.2) is 97.1 Å². The van der Waals surface area contributed by atoms with E-state index in [9.17, 15) is 0 Å². The van der Waals surface area contributed by atoms with Crippen LogP contribution in [0.5, 0.6) is 0 Å². The van der Waals surface area contributed by atoms with Crippen molar-refractivity contribution in [2.75, 3.05) is 0 Å². The van der Waals surface area contributed by atoms with Crippen molar-refractivity contribution in [1.82, 2.24) is 4.57 Å². The van der Waals surface area contributed by atoms with Gasteiger partial charge in [-0.1, -0.05) is 99.6 Å². The van der Waals surface area contributed by atoms with Gasteiger partial charge in [0.15, 0.2) is 0 Å². The minimum atomic E-state index is 0.158. The fourth-order valence-corrected chi connectivity index (χ4v) is 4.24. The summed E-state index contributed by atoms with van der Waals surface area (Å²) in [4.78, 5) is 0. The third kappa shape index (κ3) is 2.94. The second kappa shape index (κ2) is 6.63. The Labute approximate surface area is 172 Å². The topological polar surface area (TPSA) is 4.93 Å². The molecule has 0 N–H and O–H groups in total. The zero-order chi connectivity index (χ0) is 20.0. The average molecular weight is 376 g/mol. The number of benzene rings is 4. The molecule has 0 aliphatic carbocycles. The molecule has 1 heteroatoms. The first-order valence-corrected chi connectivity index (χ1v) is 10.2. The zero-order valence-corrected chi connectivity index (χ0v) is 17.2. The summed E-state index contributed by atoms with van der Waals surface area (Å²) in [6, 6.07) is 35.1. The highest BCUT2D eigenvalue weighted by Gasteiger charge is 2.16. The molecule has 0 amide bonds. The van der Waals surface area contributed by atoms with Crippen LogP contribution in [0.2, 0.25) is 0 Å². The van der Waals surface area contributed by atoms with E-state index in [0.29, 0.717) is 0 Å². The molecule has 5 aromatic rings. The van der Waals surface area contributed by atoms with E-state index in [1.54, 1.807) is 0 Å². The first-order valence-electron chi connectivity index (χ1n) is 10.2. The summed E-state index contributed by atoms with van der Waals surface area (Å²) in [6.45, 7) is 6.77. The van der Waals surface area contributed by atoms with Crippen LogP contribution in [0.4, 0.5) is 0 Å². The minimum absolute atomic E-state index is 0.158. The van der Waals surface area contributed by atoms with Crippen LogP contribution in [-0.4, -0.2) is 4.57 Å². The Morgan fingerprint density at radius 1 is 0.552 bits per heavy atom. The summed E-state index contributed by atoms with van der Waals surface area (Å²) < 4.78 is 2.40. The second-order valence-corrected chi connectivity index (χ2v) is 8.71. The molecule has 1 nitrogen and oxygen atoms in total. The van der Waals surface area contributed by atoms with Gasteiger partial charge in [0.05, 0.1) is 16.7 Å². The number of hydrogen-bond acceptors (Lipinski definition) is 0. The molecule has 0 spiro atoms. The maximum Gasteiger partial charge on any atom is 0.0541 e. The molecule has 0 aliphatic rings. The van der Waals surface area contributed by atoms with Crippen LogP contribution in [-0.2, 0) is 5.41 Å². The Balaban J connectivity index is 1.77. The Morgan fingerprint density at radius 2 is 1.07 bits per heavy atom. The van der Waals surface area contributed by atoms with E-state index in [1.807, 2.05) is 0 Å². The molecule has 142 valence electrons. The number of rotatable bonds is 2. The van der Waals surface area contributed by atoms with E-state index < -0.39 is 0 Å². The van der Waals surface area contributed by atoms with E-state index in [2.05, 4.69) is 122 Å². The molecule has 1 aromatic heterocycles. The van der Waals surface area contributed by atoms with Crippen molar-refractivity contribution < 1.29 is 0 Å². The fourth-order valence-electron chi connectivity index (χ4n) is 4.24. The van der Waals surface area contributed by atoms with Crippen LogP contribution >= 0.6 is 0 Å². The number of aromatic nitrogens is 1. The van der Waals surface area contributed by atoms with Crippen molar-refractivity contribution in [3.05, 3.63) is 103 Å². The summed E-state index contributed by atoms with van der Waals surface area (Å²) >= 11 is 0. The van der Waals surface area contributed by atoms with Crippen molar-refractivity contribution >= 4 is 21.8 Å². The van der Waals surface area contributed by atoms with Crippen molar-refractivity contribution in [2.24, 2.45) is 0 Å². The lowest BCUT2D eigenvalue weighted by atomic mass is 9.86. The normalized spacial score (nSPS) is 12.0. The van der Waals surface area contributed by atoms with E-state index in [-0.39, 0.29) is 5.41 Å². The Hall–Kier alpha value is -3.32. The lowest BCUT2D eigenvalue weighted by Gasteiger charge is -2.20. The van der Waals surface area contributed by atoms with Crippen molar-refractivity contribution in [3.63, 3.8) is 0 Å². The van der Waals surface area contributed by atoms with Crippen LogP contribution in [0.25, 0.3) is 38.6 Å². The number of para-hydroxylation sites is 3. The largest absolute Gasteiger partial charge is 0.309 e. The highest BCUT2D eigenvalue weighted by atomic mass is 15.0. The van der Waals surface area contributed by atoms with Gasteiger partial charge in [-0.25, -0.2) is 0 Å². The molecule has 0 atom stereocenters. The smallest absolute Gasteiger partial charge is 0.0541 e. The molecule has 0 aliphatic heterocycles. The molecule has 0 saturated heterocycles. The second-order valence-electron chi connectivity index (χ2n) is 8.71.